The zero-order valence-corrected chi connectivity index (χ0v) is 23.1. The normalized spacial score (nSPS) is 14.8. The van der Waals surface area contributed by atoms with Crippen molar-refractivity contribution in [2.45, 2.75) is 110 Å². The van der Waals surface area contributed by atoms with Crippen LogP contribution in [0.1, 0.15) is 85.6 Å². The van der Waals surface area contributed by atoms with Gasteiger partial charge in [0.2, 0.25) is 0 Å². The first-order chi connectivity index (χ1) is 17.8. The van der Waals surface area contributed by atoms with Crippen LogP contribution in [-0.2, 0) is 30.2 Å². The Morgan fingerprint density at radius 1 is 0.842 bits per heavy atom. The Morgan fingerprint density at radius 3 is 1.84 bits per heavy atom. The molecule has 0 aliphatic carbocycles. The van der Waals surface area contributed by atoms with E-state index in [9.17, 15) is 24.3 Å². The molecule has 0 saturated carbocycles. The standard InChI is InChI=1S/C27H41NO10/c1-7-10-17(4)35-25(32)37-21-13-12-20(14-22(21)38-26(33)36-18(5)11-8-2)16-27(28,24(30)31)15-19(6)34-23(29)9-3/h12-14,17-19H,7-11,15-16,28H2,1-6H3,(H,30,31)/t17?,18?,19-,27?/m0/s1. The van der Waals surface area contributed by atoms with Crippen LogP contribution in [0.15, 0.2) is 18.2 Å². The largest absolute Gasteiger partial charge is 0.514 e. The second-order valence-electron chi connectivity index (χ2n) is 9.42. The van der Waals surface area contributed by atoms with Gasteiger partial charge in [0.1, 0.15) is 23.9 Å². The predicted molar refractivity (Wildman–Crippen MR) is 138 cm³/mol. The molecular formula is C27H41NO10. The van der Waals surface area contributed by atoms with Crippen molar-refractivity contribution in [1.82, 2.24) is 0 Å². The summed E-state index contributed by atoms with van der Waals surface area (Å²) in [6.45, 7) is 10.5. The third-order valence-corrected chi connectivity index (χ3v) is 5.60. The molecule has 0 aliphatic heterocycles. The van der Waals surface area contributed by atoms with Crippen molar-refractivity contribution >= 4 is 24.2 Å². The topological polar surface area (TPSA) is 161 Å². The number of carboxylic acid groups (broad SMARTS) is 1. The van der Waals surface area contributed by atoms with Crippen LogP contribution >= 0.6 is 0 Å². The van der Waals surface area contributed by atoms with E-state index < -0.39 is 42.0 Å². The first-order valence-corrected chi connectivity index (χ1v) is 12.9. The van der Waals surface area contributed by atoms with Crippen LogP contribution < -0.4 is 15.2 Å². The molecule has 0 spiro atoms. The molecule has 0 aromatic heterocycles. The van der Waals surface area contributed by atoms with Crippen molar-refractivity contribution in [2.24, 2.45) is 5.73 Å². The maximum atomic E-state index is 12.4. The second kappa shape index (κ2) is 15.8. The van der Waals surface area contributed by atoms with Gasteiger partial charge in [-0.3, -0.25) is 9.59 Å². The van der Waals surface area contributed by atoms with E-state index in [1.807, 2.05) is 13.8 Å². The number of hydrogen-bond donors (Lipinski definition) is 2. The Morgan fingerprint density at radius 2 is 1.37 bits per heavy atom. The molecule has 1 rings (SSSR count). The minimum Gasteiger partial charge on any atom is -0.480 e. The number of carboxylic acids is 1. The molecule has 0 aliphatic rings. The molecule has 0 heterocycles. The summed E-state index contributed by atoms with van der Waals surface area (Å²) in [7, 11) is 0. The lowest BCUT2D eigenvalue weighted by Crippen LogP contribution is -2.52. The van der Waals surface area contributed by atoms with Gasteiger partial charge in [0.25, 0.3) is 0 Å². The summed E-state index contributed by atoms with van der Waals surface area (Å²) in [6.07, 6.45) is -0.912. The summed E-state index contributed by atoms with van der Waals surface area (Å²) in [6, 6.07) is 4.18. The predicted octanol–water partition coefficient (Wildman–Crippen LogP) is 5.15. The maximum absolute atomic E-state index is 12.4. The minimum atomic E-state index is -1.81. The lowest BCUT2D eigenvalue weighted by Gasteiger charge is -2.28. The number of esters is 1. The summed E-state index contributed by atoms with van der Waals surface area (Å²) in [5.41, 5.74) is 4.78. The van der Waals surface area contributed by atoms with E-state index in [1.165, 1.54) is 18.2 Å². The molecule has 0 bridgehead atoms. The molecule has 0 saturated heterocycles. The Hall–Kier alpha value is -3.34. The average Bonchev–Trinajstić information content (AvgIpc) is 2.80. The van der Waals surface area contributed by atoms with Crippen molar-refractivity contribution in [3.63, 3.8) is 0 Å². The molecule has 1 aromatic rings. The monoisotopic (exact) mass is 539 g/mol. The molecule has 1 aromatic carbocycles. The number of carbonyl (C=O) groups is 4. The van der Waals surface area contributed by atoms with Crippen LogP contribution in [0.25, 0.3) is 0 Å². The molecule has 0 radical (unpaired) electrons. The number of rotatable bonds is 15. The third-order valence-electron chi connectivity index (χ3n) is 5.60. The summed E-state index contributed by atoms with van der Waals surface area (Å²) in [5, 5.41) is 9.84. The zero-order valence-electron chi connectivity index (χ0n) is 23.1. The van der Waals surface area contributed by atoms with Crippen LogP contribution in [0.3, 0.4) is 0 Å². The smallest absolute Gasteiger partial charge is 0.480 e. The highest BCUT2D eigenvalue weighted by molar-refractivity contribution is 5.79. The van der Waals surface area contributed by atoms with Crippen LogP contribution in [0, 0.1) is 0 Å². The molecule has 3 N–H and O–H groups in total. The number of aliphatic carboxylic acids is 1. The van der Waals surface area contributed by atoms with E-state index in [0.717, 1.165) is 12.8 Å². The van der Waals surface area contributed by atoms with Gasteiger partial charge in [-0.2, -0.15) is 0 Å². The van der Waals surface area contributed by atoms with E-state index >= 15 is 0 Å². The molecule has 0 fully saturated rings. The van der Waals surface area contributed by atoms with E-state index in [2.05, 4.69) is 0 Å². The van der Waals surface area contributed by atoms with Gasteiger partial charge in [-0.05, 0) is 51.3 Å². The Kier molecular flexibility index (Phi) is 13.6. The highest BCUT2D eigenvalue weighted by atomic mass is 16.7. The molecular weight excluding hydrogens is 498 g/mol. The number of nitrogens with two attached hydrogens (primary N) is 1. The zero-order chi connectivity index (χ0) is 28.9. The molecule has 4 atom stereocenters. The molecule has 38 heavy (non-hydrogen) atoms. The Labute approximate surface area is 223 Å². The van der Waals surface area contributed by atoms with E-state index in [1.54, 1.807) is 27.7 Å². The quantitative estimate of drug-likeness (QED) is 0.172. The number of ether oxygens (including phenoxy) is 5. The first kappa shape index (κ1) is 32.7. The average molecular weight is 540 g/mol. The van der Waals surface area contributed by atoms with E-state index in [-0.39, 0.29) is 36.9 Å². The van der Waals surface area contributed by atoms with Crippen LogP contribution in [0.5, 0.6) is 11.5 Å². The van der Waals surface area contributed by atoms with Crippen molar-refractivity contribution in [2.75, 3.05) is 0 Å². The van der Waals surface area contributed by atoms with Crippen LogP contribution in [0.2, 0.25) is 0 Å². The lowest BCUT2D eigenvalue weighted by atomic mass is 9.86. The fraction of sp³-hybridized carbons (Fsp3) is 0.630. The highest BCUT2D eigenvalue weighted by Crippen LogP contribution is 2.32. The Balaban J connectivity index is 3.22. The molecule has 214 valence electrons. The van der Waals surface area contributed by atoms with E-state index in [4.69, 9.17) is 29.4 Å². The third kappa shape index (κ3) is 11.4. The van der Waals surface area contributed by atoms with Gasteiger partial charge >= 0.3 is 24.2 Å². The van der Waals surface area contributed by atoms with Crippen molar-refractivity contribution in [3.05, 3.63) is 23.8 Å². The van der Waals surface area contributed by atoms with E-state index in [0.29, 0.717) is 18.4 Å². The fourth-order valence-corrected chi connectivity index (χ4v) is 3.78. The number of hydrogen-bond acceptors (Lipinski definition) is 10. The van der Waals surface area contributed by atoms with Crippen molar-refractivity contribution in [3.8, 4) is 11.5 Å². The molecule has 0 amide bonds. The summed E-state index contributed by atoms with van der Waals surface area (Å²) in [5.74, 6) is -2.07. The highest BCUT2D eigenvalue weighted by Gasteiger charge is 2.37. The first-order valence-electron chi connectivity index (χ1n) is 12.9. The fourth-order valence-electron chi connectivity index (χ4n) is 3.78. The molecule has 11 heteroatoms. The van der Waals surface area contributed by atoms with Gasteiger partial charge in [-0.1, -0.05) is 39.7 Å². The SMILES string of the molecule is CCCC(C)OC(=O)Oc1ccc(CC(N)(C[C@H](C)OC(=O)CC)C(=O)O)cc1OC(=O)OC(C)CCC. The summed E-state index contributed by atoms with van der Waals surface area (Å²) in [4.78, 5) is 48.4. The van der Waals surface area contributed by atoms with Crippen LogP contribution in [0.4, 0.5) is 9.59 Å². The van der Waals surface area contributed by atoms with Crippen molar-refractivity contribution < 1.29 is 48.0 Å². The summed E-state index contributed by atoms with van der Waals surface area (Å²) >= 11 is 0. The van der Waals surface area contributed by atoms with Gasteiger partial charge in [-0.25, -0.2) is 9.59 Å². The second-order valence-corrected chi connectivity index (χ2v) is 9.42. The van der Waals surface area contributed by atoms with Gasteiger partial charge < -0.3 is 34.5 Å². The lowest BCUT2D eigenvalue weighted by molar-refractivity contribution is -0.153. The number of benzene rings is 1. The van der Waals surface area contributed by atoms with Gasteiger partial charge in [-0.15, -0.1) is 0 Å². The number of carbonyl (C=O) groups excluding carboxylic acids is 3. The van der Waals surface area contributed by atoms with Gasteiger partial charge in [0.05, 0.1) is 0 Å². The molecule has 3 unspecified atom stereocenters. The molecule has 11 nitrogen and oxygen atoms in total. The summed E-state index contributed by atoms with van der Waals surface area (Å²) < 4.78 is 26.2. The van der Waals surface area contributed by atoms with Gasteiger partial charge in [0.15, 0.2) is 11.5 Å². The Bertz CT molecular complexity index is 950. The van der Waals surface area contributed by atoms with Crippen LogP contribution in [-0.4, -0.2) is 53.2 Å². The minimum absolute atomic E-state index is 0.120. The van der Waals surface area contributed by atoms with Gasteiger partial charge in [0, 0.05) is 19.3 Å². The van der Waals surface area contributed by atoms with Crippen molar-refractivity contribution in [1.29, 1.82) is 0 Å². The maximum Gasteiger partial charge on any atom is 0.514 e.